The van der Waals surface area contributed by atoms with Gasteiger partial charge in [-0.1, -0.05) is 36.7 Å². The van der Waals surface area contributed by atoms with Crippen LogP contribution >= 0.6 is 27.5 Å². The van der Waals surface area contributed by atoms with Crippen LogP contribution in [0, 0.1) is 0 Å². The van der Waals surface area contributed by atoms with Crippen LogP contribution in [0.4, 0.5) is 4.79 Å². The molecule has 1 N–H and O–H groups in total. The third-order valence-corrected chi connectivity index (χ3v) is 6.88. The average molecular weight is 644 g/mol. The second-order valence-electron chi connectivity index (χ2n) is 8.99. The van der Waals surface area contributed by atoms with E-state index >= 15 is 0 Å². The smallest absolute Gasteiger partial charge is 0.331 e. The van der Waals surface area contributed by atoms with Crippen molar-refractivity contribution in [1.29, 1.82) is 0 Å². The number of hydrogen-bond donors (Lipinski definition) is 1. The highest BCUT2D eigenvalue weighted by atomic mass is 79.9. The van der Waals surface area contributed by atoms with Crippen LogP contribution in [0.3, 0.4) is 0 Å². The number of carbonyl (C=O) groups excluding carboxylic acids is 3. The van der Waals surface area contributed by atoms with Gasteiger partial charge >= 0.3 is 6.03 Å². The second-order valence-corrected chi connectivity index (χ2v) is 10.3. The van der Waals surface area contributed by atoms with Gasteiger partial charge in [-0.3, -0.25) is 19.8 Å². The van der Waals surface area contributed by atoms with Gasteiger partial charge in [0, 0.05) is 5.02 Å². The Morgan fingerprint density at radius 3 is 2.41 bits per heavy atom. The highest BCUT2D eigenvalue weighted by molar-refractivity contribution is 9.10. The minimum Gasteiger partial charge on any atom is -0.493 e. The molecule has 0 unspecified atom stereocenters. The highest BCUT2D eigenvalue weighted by Crippen LogP contribution is 2.38. The van der Waals surface area contributed by atoms with E-state index < -0.39 is 17.8 Å². The number of rotatable bonds is 11. The first kappa shape index (κ1) is 30.0. The van der Waals surface area contributed by atoms with Crippen LogP contribution in [0.5, 0.6) is 23.0 Å². The number of imide groups is 2. The van der Waals surface area contributed by atoms with E-state index in [1.807, 2.05) is 19.1 Å². The summed E-state index contributed by atoms with van der Waals surface area (Å²) in [6.07, 6.45) is 2.23. The van der Waals surface area contributed by atoms with Gasteiger partial charge in [0.2, 0.25) is 0 Å². The lowest BCUT2D eigenvalue weighted by atomic mass is 10.1. The zero-order valence-corrected chi connectivity index (χ0v) is 25.0. The molecule has 0 atom stereocenters. The summed E-state index contributed by atoms with van der Waals surface area (Å²) in [7, 11) is 2.99. The van der Waals surface area contributed by atoms with Crippen molar-refractivity contribution in [3.05, 3.63) is 86.4 Å². The van der Waals surface area contributed by atoms with Crippen LogP contribution in [0.25, 0.3) is 6.08 Å². The molecule has 3 aromatic carbocycles. The number of amides is 4. The van der Waals surface area contributed by atoms with E-state index in [1.54, 1.807) is 42.5 Å². The van der Waals surface area contributed by atoms with Gasteiger partial charge in [-0.25, -0.2) is 4.79 Å². The minimum absolute atomic E-state index is 0.0804. The summed E-state index contributed by atoms with van der Waals surface area (Å²) < 4.78 is 23.1. The van der Waals surface area contributed by atoms with E-state index in [2.05, 4.69) is 21.2 Å². The van der Waals surface area contributed by atoms with Crippen molar-refractivity contribution < 1.29 is 33.3 Å². The Bertz CT molecular complexity index is 1510. The first-order chi connectivity index (χ1) is 19.7. The van der Waals surface area contributed by atoms with Gasteiger partial charge in [0.15, 0.2) is 23.0 Å². The van der Waals surface area contributed by atoms with Crippen molar-refractivity contribution in [3.8, 4) is 23.0 Å². The van der Waals surface area contributed by atoms with Crippen molar-refractivity contribution >= 4 is 51.5 Å². The molecule has 0 saturated carbocycles. The number of hydrogen-bond acceptors (Lipinski definition) is 7. The molecule has 0 aromatic heterocycles. The van der Waals surface area contributed by atoms with Crippen LogP contribution in [0.15, 0.2) is 64.6 Å². The maximum Gasteiger partial charge on any atom is 0.331 e. The number of barbiturate groups is 1. The number of nitrogens with zero attached hydrogens (tertiary/aromatic N) is 1. The zero-order chi connectivity index (χ0) is 29.5. The average Bonchev–Trinajstić information content (AvgIpc) is 2.95. The summed E-state index contributed by atoms with van der Waals surface area (Å²) in [5.74, 6) is 0.312. The molecule has 214 valence electrons. The van der Waals surface area contributed by atoms with Crippen LogP contribution < -0.4 is 24.3 Å². The molecule has 1 heterocycles. The van der Waals surface area contributed by atoms with Gasteiger partial charge in [0.1, 0.15) is 12.2 Å². The highest BCUT2D eigenvalue weighted by Gasteiger charge is 2.36. The predicted octanol–water partition coefficient (Wildman–Crippen LogP) is 6.15. The normalized spacial score (nSPS) is 14.2. The molecule has 1 fully saturated rings. The first-order valence-corrected chi connectivity index (χ1v) is 13.8. The van der Waals surface area contributed by atoms with Crippen molar-refractivity contribution in [2.24, 2.45) is 0 Å². The lowest BCUT2D eigenvalue weighted by Gasteiger charge is -2.26. The lowest BCUT2D eigenvalue weighted by Crippen LogP contribution is -2.53. The molecule has 4 amide bonds. The van der Waals surface area contributed by atoms with E-state index in [-0.39, 0.29) is 18.7 Å². The third-order valence-electron chi connectivity index (χ3n) is 6.05. The summed E-state index contributed by atoms with van der Waals surface area (Å²) in [5.41, 5.74) is 1.76. The fourth-order valence-corrected chi connectivity index (χ4v) is 4.86. The zero-order valence-electron chi connectivity index (χ0n) is 22.7. The molecule has 0 aliphatic carbocycles. The Morgan fingerprint density at radius 2 is 1.71 bits per heavy atom. The summed E-state index contributed by atoms with van der Waals surface area (Å²) in [6, 6.07) is 14.9. The number of ether oxygens (including phenoxy) is 4. The molecule has 0 spiro atoms. The molecule has 3 aromatic rings. The molecule has 4 rings (SSSR count). The maximum atomic E-state index is 13.4. The van der Waals surface area contributed by atoms with Crippen molar-refractivity contribution in [2.45, 2.75) is 26.5 Å². The first-order valence-electron chi connectivity index (χ1n) is 12.7. The second kappa shape index (κ2) is 13.6. The Kier molecular flexibility index (Phi) is 9.91. The molecular formula is C30H28BrClN2O7. The van der Waals surface area contributed by atoms with Crippen molar-refractivity contribution in [3.63, 3.8) is 0 Å². The van der Waals surface area contributed by atoms with E-state index in [1.165, 1.54) is 20.3 Å². The molecule has 1 saturated heterocycles. The summed E-state index contributed by atoms with van der Waals surface area (Å²) in [4.78, 5) is 39.6. The number of nitrogens with one attached hydrogen (secondary N) is 1. The fourth-order valence-electron chi connectivity index (χ4n) is 4.07. The minimum atomic E-state index is -0.814. The summed E-state index contributed by atoms with van der Waals surface area (Å²) >= 11 is 9.55. The van der Waals surface area contributed by atoms with Gasteiger partial charge in [0.05, 0.1) is 31.8 Å². The van der Waals surface area contributed by atoms with Crippen molar-refractivity contribution in [2.75, 3.05) is 20.8 Å². The lowest BCUT2D eigenvalue weighted by molar-refractivity contribution is -0.130. The van der Waals surface area contributed by atoms with Gasteiger partial charge in [-0.05, 0) is 81.5 Å². The Hall–Kier alpha value is -4.02. The predicted molar refractivity (Wildman–Crippen MR) is 157 cm³/mol. The topological polar surface area (TPSA) is 103 Å². The molecule has 0 bridgehead atoms. The Labute approximate surface area is 251 Å². The molecule has 1 aliphatic rings. The van der Waals surface area contributed by atoms with E-state index in [4.69, 9.17) is 30.5 Å². The summed E-state index contributed by atoms with van der Waals surface area (Å²) in [6.45, 7) is 2.68. The molecule has 1 aliphatic heterocycles. The SMILES string of the molecule is CCCOc1ccc(CN2C(=O)NC(=O)/C(=C\c3cc(Br)c(OCc4cccc(Cl)c4)c(OC)c3)C2=O)cc1OC. The maximum absolute atomic E-state index is 13.4. The van der Waals surface area contributed by atoms with Crippen LogP contribution in [-0.2, 0) is 22.7 Å². The third kappa shape index (κ3) is 7.20. The number of urea groups is 1. The molecule has 11 heteroatoms. The molecular weight excluding hydrogens is 616 g/mol. The van der Waals surface area contributed by atoms with Gasteiger partial charge in [-0.15, -0.1) is 0 Å². The van der Waals surface area contributed by atoms with Gasteiger partial charge < -0.3 is 18.9 Å². The van der Waals surface area contributed by atoms with Crippen LogP contribution in [0.2, 0.25) is 5.02 Å². The number of benzene rings is 3. The van der Waals surface area contributed by atoms with Crippen molar-refractivity contribution in [1.82, 2.24) is 10.2 Å². The molecule has 0 radical (unpaired) electrons. The standard InChI is InChI=1S/C30H28BrClN2O7/c1-4-10-40-24-9-8-18(14-25(24)38-2)16-34-29(36)22(28(35)33-30(34)37)12-20-13-23(31)27(26(15-20)39-3)41-17-19-6-5-7-21(32)11-19/h5-9,11-15H,4,10,16-17H2,1-3H3,(H,33,35,37)/b22-12+. The number of carbonyl (C=O) groups is 3. The molecule has 9 nitrogen and oxygen atoms in total. The van der Waals surface area contributed by atoms with E-state index in [9.17, 15) is 14.4 Å². The molecule has 41 heavy (non-hydrogen) atoms. The summed E-state index contributed by atoms with van der Waals surface area (Å²) in [5, 5.41) is 2.84. The number of halogens is 2. The van der Waals surface area contributed by atoms with E-state index in [0.29, 0.717) is 50.2 Å². The fraction of sp³-hybridized carbons (Fsp3) is 0.233. The Morgan fingerprint density at radius 1 is 0.927 bits per heavy atom. The van der Waals surface area contributed by atoms with Gasteiger partial charge in [-0.2, -0.15) is 0 Å². The monoisotopic (exact) mass is 642 g/mol. The quantitative estimate of drug-likeness (QED) is 0.198. The van der Waals surface area contributed by atoms with Gasteiger partial charge in [0.25, 0.3) is 11.8 Å². The van der Waals surface area contributed by atoms with Crippen LogP contribution in [-0.4, -0.2) is 43.6 Å². The van der Waals surface area contributed by atoms with Crippen LogP contribution in [0.1, 0.15) is 30.0 Å². The number of methoxy groups -OCH3 is 2. The Balaban J connectivity index is 1.57. The largest absolute Gasteiger partial charge is 0.493 e. The van der Waals surface area contributed by atoms with E-state index in [0.717, 1.165) is 16.9 Å².